The van der Waals surface area contributed by atoms with Gasteiger partial charge in [0.05, 0.1) is 15.0 Å². The summed E-state index contributed by atoms with van der Waals surface area (Å²) in [7, 11) is 0. The topological polar surface area (TPSA) is 76.7 Å². The number of carbonyl (C=O) groups excluding carboxylic acids is 2. The molecule has 0 spiro atoms. The quantitative estimate of drug-likeness (QED) is 0.585. The second-order valence-electron chi connectivity index (χ2n) is 6.04. The summed E-state index contributed by atoms with van der Waals surface area (Å²) < 4.78 is 12.4. The lowest BCUT2D eigenvalue weighted by Gasteiger charge is -2.13. The van der Waals surface area contributed by atoms with Crippen LogP contribution in [0.4, 0.5) is 0 Å². The zero-order valence-corrected chi connectivity index (χ0v) is 18.3. The fourth-order valence-corrected chi connectivity index (χ4v) is 3.17. The molecule has 0 heterocycles. The number of hydrogen-bond acceptors (Lipinski definition) is 4. The van der Waals surface area contributed by atoms with Gasteiger partial charge in [-0.15, -0.1) is 0 Å². The van der Waals surface area contributed by atoms with Gasteiger partial charge in [-0.25, -0.2) is 0 Å². The lowest BCUT2D eigenvalue weighted by atomic mass is 10.2. The number of halogens is 2. The van der Waals surface area contributed by atoms with Gasteiger partial charge in [0.15, 0.2) is 6.61 Å². The third-order valence-corrected chi connectivity index (χ3v) is 4.56. The Morgan fingerprint density at radius 1 is 1.00 bits per heavy atom. The Hall–Kier alpha value is -2.06. The van der Waals surface area contributed by atoms with Crippen molar-refractivity contribution in [2.75, 3.05) is 6.61 Å². The van der Waals surface area contributed by atoms with Crippen molar-refractivity contribution in [3.05, 3.63) is 56.5 Å². The first-order chi connectivity index (χ1) is 12.8. The van der Waals surface area contributed by atoms with Gasteiger partial charge in [0, 0.05) is 5.56 Å². The minimum atomic E-state index is -0.477. The van der Waals surface area contributed by atoms with Crippen molar-refractivity contribution < 1.29 is 19.1 Å². The van der Waals surface area contributed by atoms with Crippen molar-refractivity contribution in [3.8, 4) is 11.5 Å². The van der Waals surface area contributed by atoms with Crippen LogP contribution < -0.4 is 20.3 Å². The second-order valence-corrected chi connectivity index (χ2v) is 7.75. The number of rotatable bonds is 6. The van der Waals surface area contributed by atoms with E-state index in [0.29, 0.717) is 21.5 Å². The molecule has 0 atom stereocenters. The van der Waals surface area contributed by atoms with E-state index in [1.165, 1.54) is 0 Å². The number of aryl methyl sites for hydroxylation is 1. The Balaban J connectivity index is 1.85. The van der Waals surface area contributed by atoms with Gasteiger partial charge < -0.3 is 9.47 Å². The molecule has 2 aromatic carbocycles. The molecule has 2 rings (SSSR count). The van der Waals surface area contributed by atoms with Gasteiger partial charge in [0.2, 0.25) is 0 Å². The molecule has 8 heteroatoms. The van der Waals surface area contributed by atoms with Crippen LogP contribution in [0.15, 0.2) is 45.3 Å². The number of carbonyl (C=O) groups is 2. The molecule has 0 fully saturated rings. The number of hydrogen-bond donors (Lipinski definition) is 2. The maximum Gasteiger partial charge on any atom is 0.276 e. The second kappa shape index (κ2) is 9.75. The van der Waals surface area contributed by atoms with E-state index in [1.807, 2.05) is 32.9 Å². The lowest BCUT2D eigenvalue weighted by molar-refractivity contribution is -0.123. The average Bonchev–Trinajstić information content (AvgIpc) is 2.60. The van der Waals surface area contributed by atoms with E-state index in [9.17, 15) is 9.59 Å². The molecule has 0 aliphatic rings. The smallest absolute Gasteiger partial charge is 0.276 e. The zero-order chi connectivity index (χ0) is 20.0. The highest BCUT2D eigenvalue weighted by Crippen LogP contribution is 2.27. The van der Waals surface area contributed by atoms with E-state index < -0.39 is 11.8 Å². The van der Waals surface area contributed by atoms with Crippen molar-refractivity contribution in [3.63, 3.8) is 0 Å². The van der Waals surface area contributed by atoms with Gasteiger partial charge in [-0.1, -0.05) is 6.07 Å². The Morgan fingerprint density at radius 2 is 1.67 bits per heavy atom. The molecule has 27 heavy (non-hydrogen) atoms. The molecule has 0 saturated heterocycles. The van der Waals surface area contributed by atoms with Crippen LogP contribution in [0.5, 0.6) is 11.5 Å². The van der Waals surface area contributed by atoms with Crippen LogP contribution in [0, 0.1) is 6.92 Å². The molecular weight excluding hydrogens is 480 g/mol. The van der Waals surface area contributed by atoms with Crippen LogP contribution in [0.2, 0.25) is 0 Å². The first-order valence-corrected chi connectivity index (χ1v) is 9.79. The van der Waals surface area contributed by atoms with Crippen LogP contribution >= 0.6 is 31.9 Å². The Bertz CT molecular complexity index is 840. The molecule has 144 valence electrons. The highest BCUT2D eigenvalue weighted by molar-refractivity contribution is 9.10. The number of hydrazine groups is 1. The van der Waals surface area contributed by atoms with E-state index in [1.54, 1.807) is 24.3 Å². The Kier molecular flexibility index (Phi) is 7.67. The molecule has 0 unspecified atom stereocenters. The van der Waals surface area contributed by atoms with Gasteiger partial charge in [-0.2, -0.15) is 0 Å². The summed E-state index contributed by atoms with van der Waals surface area (Å²) in [6.45, 7) is 5.56. The highest BCUT2D eigenvalue weighted by atomic mass is 79.9. The number of ether oxygens (including phenoxy) is 2. The molecule has 0 radical (unpaired) electrons. The molecule has 0 aromatic heterocycles. The molecule has 2 amide bonds. The van der Waals surface area contributed by atoms with E-state index >= 15 is 0 Å². The molecule has 2 N–H and O–H groups in total. The van der Waals surface area contributed by atoms with Crippen LogP contribution in [-0.2, 0) is 4.79 Å². The molecule has 0 saturated carbocycles. The zero-order valence-electron chi connectivity index (χ0n) is 15.1. The highest BCUT2D eigenvalue weighted by Gasteiger charge is 2.12. The average molecular weight is 500 g/mol. The van der Waals surface area contributed by atoms with Crippen LogP contribution in [0.3, 0.4) is 0 Å². The predicted molar refractivity (Wildman–Crippen MR) is 110 cm³/mol. The van der Waals surface area contributed by atoms with Gasteiger partial charge >= 0.3 is 0 Å². The first-order valence-electron chi connectivity index (χ1n) is 8.20. The maximum atomic E-state index is 12.2. The SMILES string of the molecule is Cc1ccc(OCC(=O)NNC(=O)c2ccc(OC(C)C)c(Br)c2)c(Br)c1. The summed E-state index contributed by atoms with van der Waals surface area (Å²) >= 11 is 6.75. The summed E-state index contributed by atoms with van der Waals surface area (Å²) in [5.74, 6) is 0.265. The van der Waals surface area contributed by atoms with Crippen LogP contribution in [0.25, 0.3) is 0 Å². The molecule has 2 aromatic rings. The normalized spacial score (nSPS) is 10.4. The van der Waals surface area contributed by atoms with Gasteiger partial charge in [0.1, 0.15) is 11.5 Å². The Morgan fingerprint density at radius 3 is 2.30 bits per heavy atom. The number of amides is 2. The monoisotopic (exact) mass is 498 g/mol. The standard InChI is InChI=1S/C19H20Br2N2O4/c1-11(2)27-17-7-5-13(9-15(17)21)19(25)23-22-18(24)10-26-16-6-4-12(3)8-14(16)20/h4-9,11H,10H2,1-3H3,(H,22,24)(H,23,25). The van der Waals surface area contributed by atoms with E-state index in [2.05, 4.69) is 42.7 Å². The number of nitrogens with one attached hydrogen (secondary N) is 2. The van der Waals surface area contributed by atoms with E-state index in [4.69, 9.17) is 9.47 Å². The summed E-state index contributed by atoms with van der Waals surface area (Å²) in [6, 6.07) is 10.5. The van der Waals surface area contributed by atoms with E-state index in [-0.39, 0.29) is 12.7 Å². The van der Waals surface area contributed by atoms with Crippen molar-refractivity contribution >= 4 is 43.7 Å². The maximum absolute atomic E-state index is 12.2. The summed E-state index contributed by atoms with van der Waals surface area (Å²) in [6.07, 6.45) is 0.0221. The summed E-state index contributed by atoms with van der Waals surface area (Å²) in [5.41, 5.74) is 6.12. The Labute approximate surface area is 174 Å². The van der Waals surface area contributed by atoms with E-state index in [0.717, 1.165) is 10.0 Å². The largest absolute Gasteiger partial charge is 0.490 e. The molecule has 0 aliphatic heterocycles. The third-order valence-electron chi connectivity index (χ3n) is 3.32. The fourth-order valence-electron chi connectivity index (χ4n) is 2.09. The fraction of sp³-hybridized carbons (Fsp3) is 0.263. The van der Waals surface area contributed by atoms with Gasteiger partial charge in [-0.05, 0) is 88.5 Å². The van der Waals surface area contributed by atoms with Crippen LogP contribution in [-0.4, -0.2) is 24.5 Å². The predicted octanol–water partition coefficient (Wildman–Crippen LogP) is 4.15. The molecular formula is C19H20Br2N2O4. The van der Waals surface area contributed by atoms with Crippen LogP contribution in [0.1, 0.15) is 29.8 Å². The number of benzene rings is 2. The van der Waals surface area contributed by atoms with Gasteiger partial charge in [-0.3, -0.25) is 20.4 Å². The molecule has 0 bridgehead atoms. The third kappa shape index (κ3) is 6.55. The molecule has 6 nitrogen and oxygen atoms in total. The minimum absolute atomic E-state index is 0.0221. The van der Waals surface area contributed by atoms with Crippen molar-refractivity contribution in [1.29, 1.82) is 0 Å². The summed E-state index contributed by atoms with van der Waals surface area (Å²) in [5, 5.41) is 0. The van der Waals surface area contributed by atoms with Gasteiger partial charge in [0.25, 0.3) is 11.8 Å². The molecule has 0 aliphatic carbocycles. The van der Waals surface area contributed by atoms with Crippen molar-refractivity contribution in [2.45, 2.75) is 26.9 Å². The van der Waals surface area contributed by atoms with Crippen molar-refractivity contribution in [2.24, 2.45) is 0 Å². The van der Waals surface area contributed by atoms with Crippen molar-refractivity contribution in [1.82, 2.24) is 10.9 Å². The lowest BCUT2D eigenvalue weighted by Crippen LogP contribution is -2.43. The first kappa shape index (κ1) is 21.2. The summed E-state index contributed by atoms with van der Waals surface area (Å²) in [4.78, 5) is 24.0. The minimum Gasteiger partial charge on any atom is -0.490 e.